The highest BCUT2D eigenvalue weighted by Gasteiger charge is 2.19. The van der Waals surface area contributed by atoms with Gasteiger partial charge in [0.1, 0.15) is 5.75 Å². The van der Waals surface area contributed by atoms with E-state index in [1.807, 2.05) is 0 Å². The number of carbonyl (C=O) groups is 2. The van der Waals surface area contributed by atoms with Crippen molar-refractivity contribution in [3.8, 4) is 5.75 Å². The summed E-state index contributed by atoms with van der Waals surface area (Å²) in [5.74, 6) is -0.948. The Balaban J connectivity index is 2.94. The Labute approximate surface area is 114 Å². The lowest BCUT2D eigenvalue weighted by Crippen LogP contribution is -2.29. The average molecular weight is 282 g/mol. The van der Waals surface area contributed by atoms with Crippen molar-refractivity contribution < 1.29 is 24.0 Å². The summed E-state index contributed by atoms with van der Waals surface area (Å²) < 4.78 is 9.71. The van der Waals surface area contributed by atoms with Crippen LogP contribution in [0.3, 0.4) is 0 Å². The number of hydrogen-bond acceptors (Lipinski definition) is 6. The maximum absolute atomic E-state index is 11.8. The number of rotatable bonds is 5. The van der Waals surface area contributed by atoms with E-state index in [0.29, 0.717) is 0 Å². The maximum Gasteiger partial charge on any atom is 0.303 e. The van der Waals surface area contributed by atoms with Gasteiger partial charge < -0.3 is 14.8 Å². The SMILES string of the molecule is COc1ccc([N+](=O)[O-])cc1NC(=O)C(C)OC(C)=O. The normalized spacial score (nSPS) is 11.3. The third-order valence-corrected chi connectivity index (χ3v) is 2.36. The van der Waals surface area contributed by atoms with Crippen LogP contribution in [0.5, 0.6) is 5.75 Å². The molecule has 0 spiro atoms. The van der Waals surface area contributed by atoms with Gasteiger partial charge in [-0.15, -0.1) is 0 Å². The Hall–Kier alpha value is -2.64. The number of nitrogens with one attached hydrogen (secondary N) is 1. The second kappa shape index (κ2) is 6.50. The number of non-ortho nitro benzene ring substituents is 1. The third-order valence-electron chi connectivity index (χ3n) is 2.36. The Morgan fingerprint density at radius 2 is 2.05 bits per heavy atom. The van der Waals surface area contributed by atoms with E-state index < -0.39 is 22.9 Å². The molecule has 20 heavy (non-hydrogen) atoms. The van der Waals surface area contributed by atoms with Crippen LogP contribution in [0.1, 0.15) is 13.8 Å². The maximum atomic E-state index is 11.8. The first kappa shape index (κ1) is 15.4. The number of nitro benzene ring substituents is 1. The molecule has 0 radical (unpaired) electrons. The number of anilines is 1. The van der Waals surface area contributed by atoms with Crippen LogP contribution >= 0.6 is 0 Å². The Kier molecular flexibility index (Phi) is 5.01. The van der Waals surface area contributed by atoms with Gasteiger partial charge >= 0.3 is 5.97 Å². The number of nitro groups is 1. The standard InChI is InChI=1S/C12H14N2O6/c1-7(20-8(2)15)12(16)13-10-6-9(14(17)18)4-5-11(10)19-3/h4-7H,1-3H3,(H,13,16). The van der Waals surface area contributed by atoms with E-state index in [0.717, 1.165) is 6.07 Å². The van der Waals surface area contributed by atoms with Gasteiger partial charge in [0, 0.05) is 19.1 Å². The minimum atomic E-state index is -1.02. The molecule has 1 rings (SSSR count). The molecule has 8 heteroatoms. The van der Waals surface area contributed by atoms with Crippen molar-refractivity contribution in [3.05, 3.63) is 28.3 Å². The first-order chi connectivity index (χ1) is 9.35. The fourth-order valence-electron chi connectivity index (χ4n) is 1.44. The molecule has 0 bridgehead atoms. The van der Waals surface area contributed by atoms with Gasteiger partial charge in [0.2, 0.25) is 0 Å². The smallest absolute Gasteiger partial charge is 0.303 e. The van der Waals surface area contributed by atoms with E-state index in [-0.39, 0.29) is 17.1 Å². The van der Waals surface area contributed by atoms with Gasteiger partial charge in [0.25, 0.3) is 11.6 Å². The molecule has 0 aromatic heterocycles. The van der Waals surface area contributed by atoms with Gasteiger partial charge in [-0.1, -0.05) is 0 Å². The highest BCUT2D eigenvalue weighted by molar-refractivity contribution is 5.96. The summed E-state index contributed by atoms with van der Waals surface area (Å²) in [7, 11) is 1.37. The minimum absolute atomic E-state index is 0.130. The van der Waals surface area contributed by atoms with Gasteiger partial charge in [-0.25, -0.2) is 0 Å². The van der Waals surface area contributed by atoms with Crippen molar-refractivity contribution in [2.75, 3.05) is 12.4 Å². The van der Waals surface area contributed by atoms with Crippen LogP contribution in [0.15, 0.2) is 18.2 Å². The van der Waals surface area contributed by atoms with Gasteiger partial charge in [-0.2, -0.15) is 0 Å². The number of hydrogen-bond donors (Lipinski definition) is 1. The summed E-state index contributed by atoms with van der Waals surface area (Å²) in [5.41, 5.74) is -0.0630. The van der Waals surface area contributed by atoms with E-state index >= 15 is 0 Å². The summed E-state index contributed by atoms with van der Waals surface area (Å²) >= 11 is 0. The Morgan fingerprint density at radius 1 is 1.40 bits per heavy atom. The number of amides is 1. The van der Waals surface area contributed by atoms with Crippen LogP contribution in [-0.2, 0) is 14.3 Å². The molecular weight excluding hydrogens is 268 g/mol. The molecule has 0 heterocycles. The molecule has 0 saturated carbocycles. The van der Waals surface area contributed by atoms with E-state index in [2.05, 4.69) is 5.32 Å². The summed E-state index contributed by atoms with van der Waals surface area (Å²) in [5, 5.41) is 13.1. The van der Waals surface area contributed by atoms with Crippen LogP contribution in [0.4, 0.5) is 11.4 Å². The molecular formula is C12H14N2O6. The monoisotopic (exact) mass is 282 g/mol. The molecule has 0 aliphatic heterocycles. The minimum Gasteiger partial charge on any atom is -0.495 e. The molecule has 0 aliphatic rings. The topological polar surface area (TPSA) is 108 Å². The third kappa shape index (κ3) is 3.94. The van der Waals surface area contributed by atoms with E-state index in [4.69, 9.17) is 9.47 Å². The lowest BCUT2D eigenvalue weighted by molar-refractivity contribution is -0.384. The zero-order valence-corrected chi connectivity index (χ0v) is 11.2. The van der Waals surface area contributed by atoms with Crippen LogP contribution < -0.4 is 10.1 Å². The number of ether oxygens (including phenoxy) is 2. The Bertz CT molecular complexity index is 543. The zero-order chi connectivity index (χ0) is 15.3. The molecule has 1 aromatic carbocycles. The number of benzene rings is 1. The molecule has 1 unspecified atom stereocenters. The lowest BCUT2D eigenvalue weighted by Gasteiger charge is -2.14. The van der Waals surface area contributed by atoms with Gasteiger partial charge in [0.05, 0.1) is 17.7 Å². The van der Waals surface area contributed by atoms with Gasteiger partial charge in [-0.05, 0) is 13.0 Å². The summed E-state index contributed by atoms with van der Waals surface area (Å²) in [6.07, 6.45) is -1.02. The fraction of sp³-hybridized carbons (Fsp3) is 0.333. The molecule has 108 valence electrons. The molecule has 1 amide bonds. The predicted octanol–water partition coefficient (Wildman–Crippen LogP) is 1.49. The first-order valence-electron chi connectivity index (χ1n) is 5.65. The second-order valence-corrected chi connectivity index (χ2v) is 3.88. The van der Waals surface area contributed by atoms with Crippen molar-refractivity contribution in [3.63, 3.8) is 0 Å². The number of carbonyl (C=O) groups excluding carboxylic acids is 2. The highest BCUT2D eigenvalue weighted by Crippen LogP contribution is 2.28. The largest absolute Gasteiger partial charge is 0.495 e. The van der Waals surface area contributed by atoms with Crippen molar-refractivity contribution in [1.82, 2.24) is 0 Å². The van der Waals surface area contributed by atoms with Crippen LogP contribution in [0, 0.1) is 10.1 Å². The van der Waals surface area contributed by atoms with Crippen molar-refractivity contribution in [2.45, 2.75) is 20.0 Å². The molecule has 1 aromatic rings. The van der Waals surface area contributed by atoms with Crippen molar-refractivity contribution in [2.24, 2.45) is 0 Å². The highest BCUT2D eigenvalue weighted by atomic mass is 16.6. The van der Waals surface area contributed by atoms with E-state index in [9.17, 15) is 19.7 Å². The lowest BCUT2D eigenvalue weighted by atomic mass is 10.2. The second-order valence-electron chi connectivity index (χ2n) is 3.88. The summed E-state index contributed by atoms with van der Waals surface area (Å²) in [6, 6.07) is 3.78. The molecule has 0 aliphatic carbocycles. The van der Waals surface area contributed by atoms with Gasteiger partial charge in [0.15, 0.2) is 6.10 Å². The summed E-state index contributed by atoms with van der Waals surface area (Å²) in [4.78, 5) is 32.7. The van der Waals surface area contributed by atoms with Crippen molar-refractivity contribution in [1.29, 1.82) is 0 Å². The van der Waals surface area contributed by atoms with Crippen LogP contribution in [0.25, 0.3) is 0 Å². The Morgan fingerprint density at radius 3 is 2.55 bits per heavy atom. The van der Waals surface area contributed by atoms with E-state index in [1.165, 1.54) is 33.1 Å². The quantitative estimate of drug-likeness (QED) is 0.498. The van der Waals surface area contributed by atoms with Gasteiger partial charge in [-0.3, -0.25) is 19.7 Å². The summed E-state index contributed by atoms with van der Waals surface area (Å²) in [6.45, 7) is 2.57. The number of methoxy groups -OCH3 is 1. The van der Waals surface area contributed by atoms with Crippen LogP contribution in [-0.4, -0.2) is 30.0 Å². The fourth-order valence-corrected chi connectivity index (χ4v) is 1.44. The average Bonchev–Trinajstić information content (AvgIpc) is 2.37. The first-order valence-corrected chi connectivity index (χ1v) is 5.65. The molecule has 1 N–H and O–H groups in total. The number of esters is 1. The molecule has 0 fully saturated rings. The van der Waals surface area contributed by atoms with Crippen molar-refractivity contribution >= 4 is 23.3 Å². The van der Waals surface area contributed by atoms with Crippen LogP contribution in [0.2, 0.25) is 0 Å². The molecule has 1 atom stereocenters. The zero-order valence-electron chi connectivity index (χ0n) is 11.2. The number of nitrogens with zero attached hydrogens (tertiary/aromatic N) is 1. The van der Waals surface area contributed by atoms with E-state index in [1.54, 1.807) is 0 Å². The predicted molar refractivity (Wildman–Crippen MR) is 69.5 cm³/mol. The molecule has 0 saturated heterocycles. The molecule has 8 nitrogen and oxygen atoms in total.